The van der Waals surface area contributed by atoms with Crippen molar-refractivity contribution in [1.82, 2.24) is 0 Å². The van der Waals surface area contributed by atoms with E-state index in [2.05, 4.69) is 118 Å². The van der Waals surface area contributed by atoms with Crippen LogP contribution in [0, 0.1) is 20.8 Å². The van der Waals surface area contributed by atoms with Gasteiger partial charge in [0, 0.05) is 0 Å². The van der Waals surface area contributed by atoms with E-state index in [-0.39, 0.29) is 0 Å². The van der Waals surface area contributed by atoms with E-state index in [4.69, 9.17) is 4.74 Å². The SMILES string of the molecule is COc1ccc(C[PH](c2ccc(C)cc2)(c2ccc(C)cc2)c2ccc(C)cc2)cc1. The summed E-state index contributed by atoms with van der Waals surface area (Å²) < 4.78 is 5.40. The first-order valence-corrected chi connectivity index (χ1v) is 13.1. The molecule has 0 heterocycles. The predicted molar refractivity (Wildman–Crippen MR) is 137 cm³/mol. The van der Waals surface area contributed by atoms with Gasteiger partial charge < -0.3 is 0 Å². The van der Waals surface area contributed by atoms with E-state index in [1.165, 1.54) is 38.2 Å². The number of ether oxygens (including phenoxy) is 1. The zero-order valence-electron chi connectivity index (χ0n) is 18.9. The molecule has 0 saturated heterocycles. The van der Waals surface area contributed by atoms with Crippen LogP contribution in [-0.4, -0.2) is 7.11 Å². The van der Waals surface area contributed by atoms with Gasteiger partial charge in [-0.2, -0.15) is 0 Å². The Morgan fingerprint density at radius 2 is 0.871 bits per heavy atom. The average Bonchev–Trinajstić information content (AvgIpc) is 2.80. The van der Waals surface area contributed by atoms with Crippen molar-refractivity contribution in [1.29, 1.82) is 0 Å². The van der Waals surface area contributed by atoms with E-state index in [0.717, 1.165) is 11.9 Å². The van der Waals surface area contributed by atoms with Crippen molar-refractivity contribution in [3.8, 4) is 5.75 Å². The molecule has 0 aromatic heterocycles. The van der Waals surface area contributed by atoms with Gasteiger partial charge in [-0.15, -0.1) is 0 Å². The summed E-state index contributed by atoms with van der Waals surface area (Å²) >= 11 is 0. The van der Waals surface area contributed by atoms with Gasteiger partial charge in [-0.1, -0.05) is 0 Å². The minimum absolute atomic E-state index is 0.900. The number of hydrogen-bond donors (Lipinski definition) is 0. The Hall–Kier alpha value is -2.89. The molecule has 2 heteroatoms. The summed E-state index contributed by atoms with van der Waals surface area (Å²) in [6, 6.07) is 36.2. The minimum atomic E-state index is -2.30. The number of rotatable bonds is 6. The molecule has 0 aliphatic heterocycles. The topological polar surface area (TPSA) is 9.23 Å². The second-order valence-corrected chi connectivity index (χ2v) is 12.4. The molecule has 1 nitrogen and oxygen atoms in total. The van der Waals surface area contributed by atoms with E-state index >= 15 is 0 Å². The molecule has 158 valence electrons. The number of hydrogen-bond acceptors (Lipinski definition) is 1. The number of methoxy groups -OCH3 is 1. The molecule has 31 heavy (non-hydrogen) atoms. The van der Waals surface area contributed by atoms with E-state index in [1.54, 1.807) is 7.11 Å². The van der Waals surface area contributed by atoms with Crippen molar-refractivity contribution < 1.29 is 4.74 Å². The zero-order chi connectivity index (χ0) is 21.8. The van der Waals surface area contributed by atoms with Gasteiger partial charge in [-0.05, 0) is 0 Å². The van der Waals surface area contributed by atoms with Crippen LogP contribution in [0.2, 0.25) is 0 Å². The van der Waals surface area contributed by atoms with Crippen LogP contribution in [0.15, 0.2) is 97.1 Å². The summed E-state index contributed by atoms with van der Waals surface area (Å²) in [5.41, 5.74) is 5.23. The van der Waals surface area contributed by atoms with E-state index in [1.807, 2.05) is 0 Å². The molecule has 0 radical (unpaired) electrons. The van der Waals surface area contributed by atoms with E-state index in [0.29, 0.717) is 0 Å². The fourth-order valence-electron chi connectivity index (χ4n) is 4.37. The van der Waals surface area contributed by atoms with Crippen molar-refractivity contribution in [3.63, 3.8) is 0 Å². The van der Waals surface area contributed by atoms with Crippen molar-refractivity contribution in [2.24, 2.45) is 0 Å². The third-order valence-electron chi connectivity index (χ3n) is 6.26. The summed E-state index contributed by atoms with van der Waals surface area (Å²) in [5.74, 6) is 0.900. The molecular formula is C29H31OP. The maximum absolute atomic E-state index is 5.40. The molecule has 0 saturated carbocycles. The molecule has 0 aliphatic carbocycles. The number of aryl methyl sites for hydroxylation is 3. The number of benzene rings is 4. The van der Waals surface area contributed by atoms with E-state index < -0.39 is 7.26 Å². The molecule has 0 unspecified atom stereocenters. The fraction of sp³-hybridized carbons (Fsp3) is 0.172. The molecule has 0 atom stereocenters. The molecule has 4 rings (SSSR count). The van der Waals surface area contributed by atoms with Crippen LogP contribution in [-0.2, 0) is 6.16 Å². The Balaban J connectivity index is 1.97. The molecular weight excluding hydrogens is 395 g/mol. The third-order valence-corrected chi connectivity index (χ3v) is 11.2. The molecule has 0 N–H and O–H groups in total. The fourth-order valence-corrected chi connectivity index (χ4v) is 9.04. The normalized spacial score (nSPS) is 11.9. The van der Waals surface area contributed by atoms with Gasteiger partial charge in [-0.3, -0.25) is 0 Å². The third kappa shape index (κ3) is 4.43. The first kappa shape index (κ1) is 21.3. The monoisotopic (exact) mass is 426 g/mol. The average molecular weight is 427 g/mol. The van der Waals surface area contributed by atoms with Crippen LogP contribution in [0.3, 0.4) is 0 Å². The molecule has 0 bridgehead atoms. The summed E-state index contributed by atoms with van der Waals surface area (Å²) in [6.07, 6.45) is 1.01. The van der Waals surface area contributed by atoms with Gasteiger partial charge in [0.05, 0.1) is 0 Å². The summed E-state index contributed by atoms with van der Waals surface area (Å²) in [6.45, 7) is 6.48. The van der Waals surface area contributed by atoms with Crippen LogP contribution in [0.25, 0.3) is 0 Å². The zero-order valence-corrected chi connectivity index (χ0v) is 19.9. The standard InChI is InChI=1S/C29H31OP/c1-22-5-15-27(16-6-22)31(28-17-7-23(2)8-18-28,29-19-9-24(3)10-20-29)21-25-11-13-26(30-4)14-12-25/h5-20,31H,21H2,1-4H3. The maximum atomic E-state index is 5.40. The van der Waals surface area contributed by atoms with Gasteiger partial charge in [0.2, 0.25) is 0 Å². The molecule has 0 spiro atoms. The van der Waals surface area contributed by atoms with Crippen molar-refractivity contribution in [3.05, 3.63) is 119 Å². The second-order valence-electron chi connectivity index (χ2n) is 8.53. The Morgan fingerprint density at radius 3 is 1.19 bits per heavy atom. The Morgan fingerprint density at radius 1 is 0.516 bits per heavy atom. The molecule has 4 aromatic carbocycles. The van der Waals surface area contributed by atoms with Crippen LogP contribution >= 0.6 is 7.26 Å². The molecule has 0 aliphatic rings. The predicted octanol–water partition coefficient (Wildman–Crippen LogP) is 5.85. The Kier molecular flexibility index (Phi) is 6.25. The van der Waals surface area contributed by atoms with Gasteiger partial charge in [0.25, 0.3) is 0 Å². The molecule has 0 fully saturated rings. The first-order valence-electron chi connectivity index (χ1n) is 10.9. The first-order chi connectivity index (χ1) is 15.0. The summed E-state index contributed by atoms with van der Waals surface area (Å²) in [7, 11) is -0.581. The summed E-state index contributed by atoms with van der Waals surface area (Å²) in [4.78, 5) is 0. The summed E-state index contributed by atoms with van der Waals surface area (Å²) in [5, 5.41) is 4.34. The van der Waals surface area contributed by atoms with Crippen molar-refractivity contribution in [2.75, 3.05) is 7.11 Å². The van der Waals surface area contributed by atoms with Crippen molar-refractivity contribution in [2.45, 2.75) is 26.9 Å². The van der Waals surface area contributed by atoms with Crippen LogP contribution < -0.4 is 20.7 Å². The Labute approximate surface area is 187 Å². The van der Waals surface area contributed by atoms with E-state index in [9.17, 15) is 0 Å². The molecule has 4 aromatic rings. The van der Waals surface area contributed by atoms with Crippen LogP contribution in [0.1, 0.15) is 22.3 Å². The molecule has 0 amide bonds. The second kappa shape index (κ2) is 9.08. The van der Waals surface area contributed by atoms with Crippen LogP contribution in [0.4, 0.5) is 0 Å². The van der Waals surface area contributed by atoms with Crippen LogP contribution in [0.5, 0.6) is 5.75 Å². The van der Waals surface area contributed by atoms with Gasteiger partial charge >= 0.3 is 187 Å². The van der Waals surface area contributed by atoms with Crippen molar-refractivity contribution >= 4 is 23.2 Å². The Bertz CT molecular complexity index is 1010. The van der Waals surface area contributed by atoms with Gasteiger partial charge in [0.15, 0.2) is 0 Å². The van der Waals surface area contributed by atoms with Gasteiger partial charge in [-0.25, -0.2) is 0 Å². The van der Waals surface area contributed by atoms with Gasteiger partial charge in [0.1, 0.15) is 0 Å². The quantitative estimate of drug-likeness (QED) is 0.352.